The fourth-order valence-electron chi connectivity index (χ4n) is 3.90. The Morgan fingerprint density at radius 3 is 2.28 bits per heavy atom. The van der Waals surface area contributed by atoms with Crippen molar-refractivity contribution in [3.63, 3.8) is 0 Å². The maximum absolute atomic E-state index is 13.9. The summed E-state index contributed by atoms with van der Waals surface area (Å²) in [5.41, 5.74) is 2.01. The average molecular weight is 617 g/mol. The van der Waals surface area contributed by atoms with Gasteiger partial charge in [-0.1, -0.05) is 58.7 Å². The van der Waals surface area contributed by atoms with E-state index < -0.39 is 28.5 Å². The Balaban J connectivity index is 2.01. The molecule has 0 aromatic heterocycles. The highest BCUT2D eigenvalue weighted by atomic mass is 79.9. The molecule has 3 aromatic rings. The highest BCUT2D eigenvalue weighted by Gasteiger charge is 2.32. The van der Waals surface area contributed by atoms with Gasteiger partial charge < -0.3 is 15.0 Å². The zero-order valence-corrected chi connectivity index (χ0v) is 25.0. The molecule has 3 rings (SSSR count). The molecule has 10 heteroatoms. The second-order valence-corrected chi connectivity index (χ2v) is 11.9. The molecule has 2 amide bonds. The lowest BCUT2D eigenvalue weighted by molar-refractivity contribution is -0.139. The predicted octanol–water partition coefficient (Wildman–Crippen LogP) is 4.90. The highest BCUT2D eigenvalue weighted by molar-refractivity contribution is 9.10. The van der Waals surface area contributed by atoms with E-state index in [0.717, 1.165) is 21.9 Å². The minimum Gasteiger partial charge on any atom is -0.497 e. The van der Waals surface area contributed by atoms with Crippen LogP contribution in [-0.4, -0.2) is 51.4 Å². The number of sulfonamides is 1. The molecule has 0 aliphatic heterocycles. The van der Waals surface area contributed by atoms with Crippen molar-refractivity contribution in [1.29, 1.82) is 0 Å². The van der Waals surface area contributed by atoms with Crippen LogP contribution in [0.1, 0.15) is 31.4 Å². The number of rotatable bonds is 12. The Kier molecular flexibility index (Phi) is 10.5. The molecule has 0 aliphatic carbocycles. The van der Waals surface area contributed by atoms with Crippen LogP contribution in [0, 0.1) is 6.92 Å². The highest BCUT2D eigenvalue weighted by Crippen LogP contribution is 2.27. The second-order valence-electron chi connectivity index (χ2n) is 9.14. The maximum atomic E-state index is 13.9. The van der Waals surface area contributed by atoms with Crippen LogP contribution in [0.2, 0.25) is 0 Å². The number of amides is 2. The van der Waals surface area contributed by atoms with E-state index in [1.54, 1.807) is 62.6 Å². The summed E-state index contributed by atoms with van der Waals surface area (Å²) < 4.78 is 34.6. The number of ether oxygens (including phenoxy) is 1. The number of nitrogens with zero attached hydrogens (tertiary/aromatic N) is 2. The van der Waals surface area contributed by atoms with Gasteiger partial charge in [-0.25, -0.2) is 8.42 Å². The summed E-state index contributed by atoms with van der Waals surface area (Å²) >= 11 is 3.40. The second kappa shape index (κ2) is 13.6. The number of benzene rings is 3. The number of nitrogens with one attached hydrogen (secondary N) is 1. The summed E-state index contributed by atoms with van der Waals surface area (Å²) in [7, 11) is -2.54. The number of carbonyl (C=O) groups excluding carboxylic acids is 2. The molecule has 0 fully saturated rings. The topological polar surface area (TPSA) is 96.0 Å². The average Bonchev–Trinajstić information content (AvgIpc) is 2.93. The van der Waals surface area contributed by atoms with E-state index in [0.29, 0.717) is 22.5 Å². The summed E-state index contributed by atoms with van der Waals surface area (Å²) in [5, 5.41) is 2.83. The summed E-state index contributed by atoms with van der Waals surface area (Å²) in [5.74, 6) is -0.162. The molecule has 0 unspecified atom stereocenters. The Morgan fingerprint density at radius 1 is 1.03 bits per heavy atom. The number of hydrogen-bond acceptors (Lipinski definition) is 5. The van der Waals surface area contributed by atoms with Gasteiger partial charge in [-0.05, 0) is 68.3 Å². The molecule has 208 valence electrons. The Morgan fingerprint density at radius 2 is 1.69 bits per heavy atom. The first-order valence-corrected chi connectivity index (χ1v) is 14.8. The van der Waals surface area contributed by atoms with Crippen LogP contribution in [0.15, 0.2) is 82.2 Å². The monoisotopic (exact) mass is 615 g/mol. The molecular weight excluding hydrogens is 582 g/mol. The van der Waals surface area contributed by atoms with E-state index in [2.05, 4.69) is 21.2 Å². The van der Waals surface area contributed by atoms with Gasteiger partial charge in [0.25, 0.3) is 10.0 Å². The summed E-state index contributed by atoms with van der Waals surface area (Å²) in [6.45, 7) is 5.55. The third-order valence-electron chi connectivity index (χ3n) is 6.21. The summed E-state index contributed by atoms with van der Waals surface area (Å²) in [6.07, 6.45) is 0.746. The molecule has 1 atom stereocenters. The normalized spacial score (nSPS) is 11.9. The lowest BCUT2D eigenvalue weighted by Crippen LogP contribution is -2.51. The lowest BCUT2D eigenvalue weighted by atomic mass is 10.1. The van der Waals surface area contributed by atoms with Crippen LogP contribution in [0.5, 0.6) is 5.75 Å². The van der Waals surface area contributed by atoms with Crippen LogP contribution in [0.3, 0.4) is 0 Å². The van der Waals surface area contributed by atoms with Crippen molar-refractivity contribution in [2.75, 3.05) is 24.5 Å². The van der Waals surface area contributed by atoms with Crippen molar-refractivity contribution in [2.45, 2.75) is 44.7 Å². The molecule has 0 spiro atoms. The molecule has 0 saturated heterocycles. The third kappa shape index (κ3) is 7.83. The first-order chi connectivity index (χ1) is 18.6. The van der Waals surface area contributed by atoms with Crippen molar-refractivity contribution in [2.24, 2.45) is 0 Å². The van der Waals surface area contributed by atoms with E-state index in [1.165, 1.54) is 17.0 Å². The molecule has 39 heavy (non-hydrogen) atoms. The first-order valence-electron chi connectivity index (χ1n) is 12.6. The Hall–Kier alpha value is -3.37. The fourth-order valence-corrected chi connectivity index (χ4v) is 5.70. The minimum atomic E-state index is -4.11. The predicted molar refractivity (Wildman–Crippen MR) is 156 cm³/mol. The Bertz CT molecular complexity index is 1380. The van der Waals surface area contributed by atoms with Crippen molar-refractivity contribution in [1.82, 2.24) is 10.2 Å². The van der Waals surface area contributed by atoms with Gasteiger partial charge in [0.1, 0.15) is 18.3 Å². The van der Waals surface area contributed by atoms with Crippen LogP contribution < -0.4 is 14.4 Å². The SMILES string of the molecule is CCCNC(=O)[C@H](C)N(Cc1ccc(OC)cc1)C(=O)CN(c1cccc(Br)c1)S(=O)(=O)c1ccc(C)cc1. The zero-order valence-electron chi connectivity index (χ0n) is 22.6. The number of halogens is 1. The van der Waals surface area contributed by atoms with Gasteiger partial charge in [0.2, 0.25) is 11.8 Å². The van der Waals surface area contributed by atoms with Gasteiger partial charge >= 0.3 is 0 Å². The van der Waals surface area contributed by atoms with Crippen molar-refractivity contribution in [3.8, 4) is 5.75 Å². The van der Waals surface area contributed by atoms with Crippen molar-refractivity contribution in [3.05, 3.63) is 88.4 Å². The van der Waals surface area contributed by atoms with E-state index in [1.807, 2.05) is 26.0 Å². The first kappa shape index (κ1) is 30.2. The number of hydrogen-bond donors (Lipinski definition) is 1. The molecule has 0 heterocycles. The lowest BCUT2D eigenvalue weighted by Gasteiger charge is -2.32. The van der Waals surface area contributed by atoms with Gasteiger partial charge in [-0.2, -0.15) is 0 Å². The number of anilines is 1. The molecule has 0 aliphatic rings. The summed E-state index contributed by atoms with van der Waals surface area (Å²) in [6, 6.07) is 19.6. The molecule has 0 bridgehead atoms. The van der Waals surface area contributed by atoms with Crippen LogP contribution in [-0.2, 0) is 26.2 Å². The fraction of sp³-hybridized carbons (Fsp3) is 0.310. The van der Waals surface area contributed by atoms with Crippen LogP contribution in [0.4, 0.5) is 5.69 Å². The van der Waals surface area contributed by atoms with Gasteiger partial charge in [0, 0.05) is 17.6 Å². The van der Waals surface area contributed by atoms with Gasteiger partial charge in [0.15, 0.2) is 0 Å². The van der Waals surface area contributed by atoms with E-state index >= 15 is 0 Å². The van der Waals surface area contributed by atoms with Gasteiger partial charge in [-0.3, -0.25) is 13.9 Å². The van der Waals surface area contributed by atoms with E-state index in [4.69, 9.17) is 4.74 Å². The maximum Gasteiger partial charge on any atom is 0.264 e. The molecule has 3 aromatic carbocycles. The van der Waals surface area contributed by atoms with E-state index in [-0.39, 0.29) is 17.3 Å². The van der Waals surface area contributed by atoms with E-state index in [9.17, 15) is 18.0 Å². The third-order valence-corrected chi connectivity index (χ3v) is 8.49. The minimum absolute atomic E-state index is 0.0660. The molecule has 8 nitrogen and oxygen atoms in total. The molecular formula is C29H34BrN3O5S. The quantitative estimate of drug-likeness (QED) is 0.312. The molecule has 0 saturated carbocycles. The standard InChI is InChI=1S/C29H34BrN3O5S/c1-5-17-31-29(35)22(3)32(19-23-11-13-26(38-4)14-12-23)28(34)20-33(25-8-6-7-24(30)18-25)39(36,37)27-15-9-21(2)10-16-27/h6-16,18,22H,5,17,19-20H2,1-4H3,(H,31,35)/t22-/m0/s1. The van der Waals surface area contributed by atoms with Crippen LogP contribution >= 0.6 is 15.9 Å². The Labute approximate surface area is 239 Å². The van der Waals surface area contributed by atoms with Crippen molar-refractivity contribution >= 4 is 43.5 Å². The van der Waals surface area contributed by atoms with Gasteiger partial charge in [0.05, 0.1) is 17.7 Å². The molecule has 0 radical (unpaired) electrons. The van der Waals surface area contributed by atoms with Crippen LogP contribution in [0.25, 0.3) is 0 Å². The zero-order chi connectivity index (χ0) is 28.6. The largest absolute Gasteiger partial charge is 0.497 e. The summed E-state index contributed by atoms with van der Waals surface area (Å²) in [4.78, 5) is 28.3. The molecule has 1 N–H and O–H groups in total. The smallest absolute Gasteiger partial charge is 0.264 e. The van der Waals surface area contributed by atoms with Crippen molar-refractivity contribution < 1.29 is 22.7 Å². The van der Waals surface area contributed by atoms with Gasteiger partial charge in [-0.15, -0.1) is 0 Å². The number of carbonyl (C=O) groups is 2. The number of methoxy groups -OCH3 is 1. The number of aryl methyl sites for hydroxylation is 1.